The topological polar surface area (TPSA) is 69.6 Å². The summed E-state index contributed by atoms with van der Waals surface area (Å²) in [5.74, 6) is -1.24. The molecule has 100 valence electrons. The normalized spacial score (nSPS) is 11.3. The summed E-state index contributed by atoms with van der Waals surface area (Å²) in [7, 11) is 0. The van der Waals surface area contributed by atoms with E-state index in [9.17, 15) is 18.0 Å². The number of hydrogen-bond donors (Lipinski definition) is 3. The molecule has 0 aliphatic heterocycles. The average Bonchev–Trinajstić information content (AvgIpc) is 2.21. The zero-order chi connectivity index (χ0) is 13.8. The summed E-state index contributed by atoms with van der Waals surface area (Å²) in [4.78, 5) is 11.5. The van der Waals surface area contributed by atoms with Gasteiger partial charge in [-0.3, -0.25) is 4.79 Å². The second kappa shape index (κ2) is 5.61. The molecular formula is C11H12F3NO3. The van der Waals surface area contributed by atoms with Crippen LogP contribution in [-0.4, -0.2) is 28.8 Å². The number of phenols is 2. The van der Waals surface area contributed by atoms with Gasteiger partial charge >= 0.3 is 6.18 Å². The molecule has 0 saturated heterocycles. The molecule has 0 unspecified atom stereocenters. The molecule has 0 saturated carbocycles. The third-order valence-corrected chi connectivity index (χ3v) is 2.09. The Hall–Kier alpha value is -1.92. The van der Waals surface area contributed by atoms with Crippen molar-refractivity contribution in [1.29, 1.82) is 0 Å². The Morgan fingerprint density at radius 3 is 2.22 bits per heavy atom. The van der Waals surface area contributed by atoms with Crippen molar-refractivity contribution in [1.82, 2.24) is 5.32 Å². The number of aromatic hydroxyl groups is 2. The van der Waals surface area contributed by atoms with E-state index in [-0.39, 0.29) is 30.0 Å². The zero-order valence-electron chi connectivity index (χ0n) is 9.29. The molecule has 0 atom stereocenters. The predicted molar refractivity (Wildman–Crippen MR) is 57.4 cm³/mol. The van der Waals surface area contributed by atoms with Crippen LogP contribution in [0.1, 0.15) is 23.2 Å². The molecule has 0 aliphatic carbocycles. The second-order valence-corrected chi connectivity index (χ2v) is 3.71. The zero-order valence-corrected chi connectivity index (χ0v) is 9.29. The lowest BCUT2D eigenvalue weighted by Crippen LogP contribution is -2.25. The lowest BCUT2D eigenvalue weighted by Gasteiger charge is -2.08. The van der Waals surface area contributed by atoms with Crippen molar-refractivity contribution in [3.8, 4) is 11.5 Å². The highest BCUT2D eigenvalue weighted by molar-refractivity contribution is 5.94. The van der Waals surface area contributed by atoms with E-state index in [1.165, 1.54) is 0 Å². The quantitative estimate of drug-likeness (QED) is 0.729. The minimum absolute atomic E-state index is 0.0143. The third-order valence-electron chi connectivity index (χ3n) is 2.09. The first-order chi connectivity index (χ1) is 8.28. The highest BCUT2D eigenvalue weighted by Gasteiger charge is 2.26. The van der Waals surface area contributed by atoms with E-state index in [0.717, 1.165) is 18.2 Å². The summed E-state index contributed by atoms with van der Waals surface area (Å²) < 4.78 is 35.5. The Morgan fingerprint density at radius 1 is 1.17 bits per heavy atom. The van der Waals surface area contributed by atoms with Crippen molar-refractivity contribution in [3.05, 3.63) is 23.8 Å². The molecule has 7 heteroatoms. The van der Waals surface area contributed by atoms with E-state index in [0.29, 0.717) is 0 Å². The van der Waals surface area contributed by atoms with Crippen LogP contribution in [0.2, 0.25) is 0 Å². The van der Waals surface area contributed by atoms with Crippen molar-refractivity contribution >= 4 is 5.91 Å². The van der Waals surface area contributed by atoms with Gasteiger partial charge in [0.05, 0.1) is 0 Å². The molecule has 1 amide bonds. The minimum atomic E-state index is -4.24. The number of nitrogens with one attached hydrogen (secondary N) is 1. The Morgan fingerprint density at radius 2 is 1.72 bits per heavy atom. The Labute approximate surface area is 101 Å². The second-order valence-electron chi connectivity index (χ2n) is 3.71. The van der Waals surface area contributed by atoms with E-state index < -0.39 is 18.5 Å². The predicted octanol–water partition coefficient (Wildman–Crippen LogP) is 2.17. The summed E-state index contributed by atoms with van der Waals surface area (Å²) in [6, 6.07) is 3.26. The monoisotopic (exact) mass is 263 g/mol. The van der Waals surface area contributed by atoms with Crippen LogP contribution < -0.4 is 5.32 Å². The molecule has 0 heterocycles. The summed E-state index contributed by atoms with van der Waals surface area (Å²) in [6.45, 7) is -0.130. The molecule has 0 bridgehead atoms. The molecule has 1 aromatic rings. The number of carbonyl (C=O) groups excluding carboxylic acids is 1. The molecule has 0 spiro atoms. The van der Waals surface area contributed by atoms with Crippen LogP contribution in [0, 0.1) is 0 Å². The van der Waals surface area contributed by atoms with E-state index in [2.05, 4.69) is 5.32 Å². The SMILES string of the molecule is O=C(NCCCC(F)(F)F)c1cc(O)cc(O)c1. The highest BCUT2D eigenvalue weighted by Crippen LogP contribution is 2.21. The molecule has 18 heavy (non-hydrogen) atoms. The fourth-order valence-corrected chi connectivity index (χ4v) is 1.32. The molecule has 1 rings (SSSR count). The van der Waals surface area contributed by atoms with E-state index in [4.69, 9.17) is 10.2 Å². The first-order valence-electron chi connectivity index (χ1n) is 5.16. The number of alkyl halides is 3. The van der Waals surface area contributed by atoms with E-state index >= 15 is 0 Å². The van der Waals surface area contributed by atoms with E-state index in [1.807, 2.05) is 0 Å². The minimum Gasteiger partial charge on any atom is -0.508 e. The number of amides is 1. The Kier molecular flexibility index (Phi) is 4.41. The average molecular weight is 263 g/mol. The van der Waals surface area contributed by atoms with Gasteiger partial charge in [-0.15, -0.1) is 0 Å². The van der Waals surface area contributed by atoms with Gasteiger partial charge in [0.2, 0.25) is 0 Å². The lowest BCUT2D eigenvalue weighted by molar-refractivity contribution is -0.135. The van der Waals surface area contributed by atoms with E-state index in [1.54, 1.807) is 0 Å². The molecular weight excluding hydrogens is 251 g/mol. The Bertz CT molecular complexity index is 412. The van der Waals surface area contributed by atoms with Crippen LogP contribution in [0.4, 0.5) is 13.2 Å². The van der Waals surface area contributed by atoms with Gasteiger partial charge in [-0.2, -0.15) is 13.2 Å². The molecule has 1 aromatic carbocycles. The maximum absolute atomic E-state index is 11.8. The van der Waals surface area contributed by atoms with Crippen molar-refractivity contribution in [3.63, 3.8) is 0 Å². The molecule has 4 nitrogen and oxygen atoms in total. The number of benzene rings is 1. The van der Waals surface area contributed by atoms with Gasteiger partial charge in [0.1, 0.15) is 11.5 Å². The first kappa shape index (κ1) is 14.1. The molecule has 0 fully saturated rings. The molecule has 0 aromatic heterocycles. The fourth-order valence-electron chi connectivity index (χ4n) is 1.32. The van der Waals surface area contributed by atoms with Crippen molar-refractivity contribution < 1.29 is 28.2 Å². The Balaban J connectivity index is 2.46. The van der Waals surface area contributed by atoms with Gasteiger partial charge in [-0.1, -0.05) is 0 Å². The van der Waals surface area contributed by atoms with Gasteiger partial charge < -0.3 is 15.5 Å². The highest BCUT2D eigenvalue weighted by atomic mass is 19.4. The number of rotatable bonds is 4. The van der Waals surface area contributed by atoms with Crippen molar-refractivity contribution in [2.24, 2.45) is 0 Å². The largest absolute Gasteiger partial charge is 0.508 e. The third kappa shape index (κ3) is 4.94. The summed E-state index contributed by atoms with van der Waals surface area (Å²) in [6.07, 6.45) is -5.44. The molecule has 0 aliphatic rings. The van der Waals surface area contributed by atoms with Crippen molar-refractivity contribution in [2.45, 2.75) is 19.0 Å². The van der Waals surface area contributed by atoms with Gasteiger partial charge in [0.25, 0.3) is 5.91 Å². The fraction of sp³-hybridized carbons (Fsp3) is 0.364. The van der Waals surface area contributed by atoms with Gasteiger partial charge in [-0.25, -0.2) is 0 Å². The molecule has 3 N–H and O–H groups in total. The van der Waals surface area contributed by atoms with Crippen molar-refractivity contribution in [2.75, 3.05) is 6.54 Å². The van der Waals surface area contributed by atoms with Gasteiger partial charge in [-0.05, 0) is 18.6 Å². The maximum Gasteiger partial charge on any atom is 0.389 e. The van der Waals surface area contributed by atoms with Crippen LogP contribution in [0.25, 0.3) is 0 Å². The van der Waals surface area contributed by atoms with Crippen LogP contribution in [-0.2, 0) is 0 Å². The number of carbonyl (C=O) groups is 1. The standard InChI is InChI=1S/C11H12F3NO3/c12-11(13,14)2-1-3-15-10(18)7-4-8(16)6-9(17)5-7/h4-6,16-17H,1-3H2,(H,15,18). The van der Waals surface area contributed by atoms with Crippen LogP contribution in [0.15, 0.2) is 18.2 Å². The number of halogens is 3. The van der Waals surface area contributed by atoms with Crippen LogP contribution in [0.3, 0.4) is 0 Å². The van der Waals surface area contributed by atoms with Gasteiger partial charge in [0.15, 0.2) is 0 Å². The maximum atomic E-state index is 11.8. The number of hydrogen-bond acceptors (Lipinski definition) is 3. The van der Waals surface area contributed by atoms with Gasteiger partial charge in [0, 0.05) is 24.6 Å². The molecule has 0 radical (unpaired) electrons. The lowest BCUT2D eigenvalue weighted by atomic mass is 10.2. The summed E-state index contributed by atoms with van der Waals surface area (Å²) in [5, 5.41) is 20.5. The van der Waals surface area contributed by atoms with Crippen LogP contribution in [0.5, 0.6) is 11.5 Å². The first-order valence-corrected chi connectivity index (χ1v) is 5.16. The number of phenolic OH excluding ortho intramolecular Hbond substituents is 2. The summed E-state index contributed by atoms with van der Waals surface area (Å²) in [5.41, 5.74) is -0.0143. The smallest absolute Gasteiger partial charge is 0.389 e. The summed E-state index contributed by atoms with van der Waals surface area (Å²) >= 11 is 0. The van der Waals surface area contributed by atoms with Crippen LogP contribution >= 0.6 is 0 Å².